The van der Waals surface area contributed by atoms with E-state index < -0.39 is 19.8 Å². The summed E-state index contributed by atoms with van der Waals surface area (Å²) in [6.07, 6.45) is -4.53. The Kier molecular flexibility index (Phi) is 3.88. The quantitative estimate of drug-likeness (QED) is 0.518. The van der Waals surface area contributed by atoms with E-state index in [1.165, 1.54) is 6.07 Å². The number of hydrogen-bond acceptors (Lipinski definition) is 1. The fourth-order valence-corrected chi connectivity index (χ4v) is 1.73. The number of alkyl halides is 3. The molecule has 0 saturated carbocycles. The van der Waals surface area contributed by atoms with Crippen molar-refractivity contribution >= 4 is 8.07 Å². The molecule has 0 saturated heterocycles. The molecule has 94 valence electrons. The summed E-state index contributed by atoms with van der Waals surface area (Å²) in [5.74, 6) is 2.75. The fourth-order valence-electron chi connectivity index (χ4n) is 1.21. The zero-order valence-corrected chi connectivity index (χ0v) is 11.3. The van der Waals surface area contributed by atoms with Crippen LogP contribution in [-0.2, 0) is 6.18 Å². The maximum atomic E-state index is 12.7. The Morgan fingerprint density at radius 2 is 1.78 bits per heavy atom. The van der Waals surface area contributed by atoms with Crippen LogP contribution in [0, 0.1) is 22.8 Å². The molecule has 0 spiro atoms. The lowest BCUT2D eigenvalue weighted by molar-refractivity contribution is -0.137. The molecule has 0 heterocycles. The fraction of sp³-hybridized carbons (Fsp3) is 0.308. The summed E-state index contributed by atoms with van der Waals surface area (Å²) >= 11 is 0. The Balaban J connectivity index is 3.28. The summed E-state index contributed by atoms with van der Waals surface area (Å²) in [4.78, 5) is 0. The molecule has 0 atom stereocenters. The van der Waals surface area contributed by atoms with Crippen LogP contribution in [0.15, 0.2) is 18.2 Å². The Hall–Kier alpha value is -1.72. The van der Waals surface area contributed by atoms with E-state index in [1.807, 2.05) is 19.6 Å². The lowest BCUT2D eigenvalue weighted by Crippen LogP contribution is -2.16. The van der Waals surface area contributed by atoms with E-state index in [-0.39, 0.29) is 5.56 Å². The normalized spacial score (nSPS) is 11.4. The van der Waals surface area contributed by atoms with Crippen molar-refractivity contribution in [2.24, 2.45) is 0 Å². The largest absolute Gasteiger partial charge is 0.417 e. The van der Waals surface area contributed by atoms with Crippen molar-refractivity contribution in [1.29, 1.82) is 5.26 Å². The predicted octanol–water partition coefficient (Wildman–Crippen LogP) is 3.81. The third-order valence-corrected chi connectivity index (χ3v) is 2.90. The SMILES string of the molecule is C[Si](C)(C)C#Cc1ccc(C#N)c(C(F)(F)F)c1. The first-order valence-electron chi connectivity index (χ1n) is 5.28. The zero-order chi connectivity index (χ0) is 14.0. The lowest BCUT2D eigenvalue weighted by atomic mass is 10.0. The maximum absolute atomic E-state index is 12.7. The summed E-state index contributed by atoms with van der Waals surface area (Å²) in [6.45, 7) is 6.02. The Bertz CT molecular complexity index is 551. The molecule has 0 aliphatic carbocycles. The molecule has 1 nitrogen and oxygen atoms in total. The van der Waals surface area contributed by atoms with Crippen molar-refractivity contribution in [1.82, 2.24) is 0 Å². The van der Waals surface area contributed by atoms with Crippen molar-refractivity contribution in [3.63, 3.8) is 0 Å². The summed E-state index contributed by atoms with van der Waals surface area (Å²) < 4.78 is 38.1. The summed E-state index contributed by atoms with van der Waals surface area (Å²) in [6, 6.07) is 5.09. The third-order valence-electron chi connectivity index (χ3n) is 2.03. The van der Waals surface area contributed by atoms with Gasteiger partial charge in [0, 0.05) is 5.56 Å². The van der Waals surface area contributed by atoms with Crippen LogP contribution in [-0.4, -0.2) is 8.07 Å². The highest BCUT2D eigenvalue weighted by Gasteiger charge is 2.33. The number of benzene rings is 1. The average Bonchev–Trinajstić information content (AvgIpc) is 2.24. The van der Waals surface area contributed by atoms with Crippen LogP contribution in [0.2, 0.25) is 19.6 Å². The maximum Gasteiger partial charge on any atom is 0.417 e. The van der Waals surface area contributed by atoms with Crippen molar-refractivity contribution in [2.45, 2.75) is 25.8 Å². The van der Waals surface area contributed by atoms with Crippen LogP contribution in [0.1, 0.15) is 16.7 Å². The van der Waals surface area contributed by atoms with Crippen molar-refractivity contribution < 1.29 is 13.2 Å². The molecule has 0 aromatic heterocycles. The molecule has 18 heavy (non-hydrogen) atoms. The molecular weight excluding hydrogens is 255 g/mol. The molecule has 0 aliphatic rings. The molecule has 5 heteroatoms. The van der Waals surface area contributed by atoms with Gasteiger partial charge in [0.15, 0.2) is 0 Å². The topological polar surface area (TPSA) is 23.8 Å². The molecular formula is C13H12F3NSi. The van der Waals surface area contributed by atoms with Crippen molar-refractivity contribution in [3.8, 4) is 17.5 Å². The second-order valence-electron chi connectivity index (χ2n) is 4.87. The Morgan fingerprint density at radius 3 is 2.22 bits per heavy atom. The van der Waals surface area contributed by atoms with E-state index in [9.17, 15) is 13.2 Å². The molecule has 0 fully saturated rings. The van der Waals surface area contributed by atoms with E-state index in [2.05, 4.69) is 11.5 Å². The molecule has 1 aromatic carbocycles. The highest BCUT2D eigenvalue weighted by molar-refractivity contribution is 6.83. The monoisotopic (exact) mass is 267 g/mol. The van der Waals surface area contributed by atoms with Gasteiger partial charge in [-0.15, -0.1) is 5.54 Å². The van der Waals surface area contributed by atoms with Crippen LogP contribution < -0.4 is 0 Å². The Morgan fingerprint density at radius 1 is 1.17 bits per heavy atom. The standard InChI is InChI=1S/C13H12F3NSi/c1-18(2,3)7-6-10-4-5-11(9-17)12(8-10)13(14,15)16/h4-5,8H,1-3H3. The minimum absolute atomic E-state index is 0.295. The van der Waals surface area contributed by atoms with Gasteiger partial charge < -0.3 is 0 Å². The number of hydrogen-bond donors (Lipinski definition) is 0. The number of nitrogens with zero attached hydrogens (tertiary/aromatic N) is 1. The average molecular weight is 267 g/mol. The number of rotatable bonds is 0. The third kappa shape index (κ3) is 3.94. The molecule has 0 N–H and O–H groups in total. The molecule has 1 aromatic rings. The smallest absolute Gasteiger partial charge is 0.192 e. The lowest BCUT2D eigenvalue weighted by Gasteiger charge is -2.09. The molecule has 0 aliphatic heterocycles. The van der Waals surface area contributed by atoms with E-state index in [0.29, 0.717) is 5.56 Å². The molecule has 0 bridgehead atoms. The van der Waals surface area contributed by atoms with Gasteiger partial charge in [-0.25, -0.2) is 0 Å². The first-order chi connectivity index (χ1) is 8.13. The van der Waals surface area contributed by atoms with Crippen LogP contribution in [0.4, 0.5) is 13.2 Å². The van der Waals surface area contributed by atoms with Gasteiger partial charge in [0.2, 0.25) is 0 Å². The molecule has 0 amide bonds. The number of nitriles is 1. The molecule has 1 rings (SSSR count). The number of halogens is 3. The van der Waals surface area contributed by atoms with Crippen molar-refractivity contribution in [3.05, 3.63) is 34.9 Å². The Labute approximate surface area is 105 Å². The summed E-state index contributed by atoms with van der Waals surface area (Å²) in [5.41, 5.74) is 1.99. The first kappa shape index (κ1) is 14.3. The van der Waals surface area contributed by atoms with E-state index in [4.69, 9.17) is 5.26 Å². The van der Waals surface area contributed by atoms with Gasteiger partial charge in [-0.3, -0.25) is 0 Å². The summed E-state index contributed by atoms with van der Waals surface area (Å²) in [5, 5.41) is 8.65. The van der Waals surface area contributed by atoms with E-state index in [0.717, 1.165) is 12.1 Å². The second kappa shape index (κ2) is 4.87. The minimum Gasteiger partial charge on any atom is -0.192 e. The predicted molar refractivity (Wildman–Crippen MR) is 66.4 cm³/mol. The van der Waals surface area contributed by atoms with Gasteiger partial charge in [0.25, 0.3) is 0 Å². The minimum atomic E-state index is -4.53. The van der Waals surface area contributed by atoms with Crippen LogP contribution in [0.5, 0.6) is 0 Å². The van der Waals surface area contributed by atoms with Gasteiger partial charge in [-0.05, 0) is 18.2 Å². The van der Waals surface area contributed by atoms with Crippen LogP contribution >= 0.6 is 0 Å². The first-order valence-corrected chi connectivity index (χ1v) is 8.78. The molecule has 0 radical (unpaired) electrons. The molecule has 0 unspecified atom stereocenters. The van der Waals surface area contributed by atoms with Crippen LogP contribution in [0.25, 0.3) is 0 Å². The summed E-state index contributed by atoms with van der Waals surface area (Å²) in [7, 11) is -1.63. The van der Waals surface area contributed by atoms with Crippen molar-refractivity contribution in [2.75, 3.05) is 0 Å². The van der Waals surface area contributed by atoms with E-state index in [1.54, 1.807) is 6.07 Å². The van der Waals surface area contributed by atoms with Gasteiger partial charge in [0.1, 0.15) is 8.07 Å². The van der Waals surface area contributed by atoms with Gasteiger partial charge in [-0.2, -0.15) is 18.4 Å². The highest BCUT2D eigenvalue weighted by atomic mass is 28.3. The van der Waals surface area contributed by atoms with Gasteiger partial charge in [0.05, 0.1) is 17.2 Å². The van der Waals surface area contributed by atoms with E-state index >= 15 is 0 Å². The van der Waals surface area contributed by atoms with Crippen LogP contribution in [0.3, 0.4) is 0 Å². The second-order valence-corrected chi connectivity index (χ2v) is 9.62. The zero-order valence-electron chi connectivity index (χ0n) is 10.3. The van der Waals surface area contributed by atoms with Gasteiger partial charge >= 0.3 is 6.18 Å². The van der Waals surface area contributed by atoms with Gasteiger partial charge in [-0.1, -0.05) is 25.6 Å². The highest BCUT2D eigenvalue weighted by Crippen LogP contribution is 2.32.